The van der Waals surface area contributed by atoms with Crippen LogP contribution in [0, 0.1) is 24.2 Å². The molecule has 2 N–H and O–H groups in total. The minimum absolute atomic E-state index is 0.166. The van der Waals surface area contributed by atoms with Crippen molar-refractivity contribution in [3.63, 3.8) is 0 Å². The molecule has 0 amide bonds. The monoisotopic (exact) mass is 477 g/mol. The van der Waals surface area contributed by atoms with Crippen LogP contribution in [0.4, 0.5) is 0 Å². The normalized spacial score (nSPS) is 26.3. The summed E-state index contributed by atoms with van der Waals surface area (Å²) in [7, 11) is 0. The third kappa shape index (κ3) is 12.4. The SMILES string of the molecule is C[CH-]CCCC(C)(O)CC/C=C(\C)CCCC(C)CCC1=CC(O)C(C)C(C)C1OCCCC. The van der Waals surface area contributed by atoms with E-state index in [2.05, 4.69) is 60.1 Å². The van der Waals surface area contributed by atoms with Gasteiger partial charge in [0, 0.05) is 6.61 Å². The first-order valence-electron chi connectivity index (χ1n) is 14.3. The molecule has 1 aliphatic rings. The molecule has 0 aromatic rings. The van der Waals surface area contributed by atoms with Crippen LogP contribution in [-0.4, -0.2) is 34.6 Å². The number of aliphatic hydroxyl groups is 2. The van der Waals surface area contributed by atoms with Gasteiger partial charge in [-0.15, -0.1) is 0 Å². The standard InChI is InChI=1S/C31H57O3/c1-8-10-12-20-31(7,33)21-14-17-24(3)15-13-16-25(4)18-19-28-23-29(32)26(5)27(6)30(28)34-22-11-9-2/h8,17,23,25-27,29-30,32-33H,9-16,18-22H2,1-7H3/q-1/b24-17+. The predicted octanol–water partition coefficient (Wildman–Crippen LogP) is 8.20. The lowest BCUT2D eigenvalue weighted by Crippen LogP contribution is -2.39. The van der Waals surface area contributed by atoms with Gasteiger partial charge in [0.1, 0.15) is 0 Å². The second kappa shape index (κ2) is 16.9. The molecule has 34 heavy (non-hydrogen) atoms. The van der Waals surface area contributed by atoms with Crippen LogP contribution < -0.4 is 0 Å². The fourth-order valence-electron chi connectivity index (χ4n) is 5.06. The number of aliphatic hydroxyl groups excluding tert-OH is 1. The Morgan fingerprint density at radius 3 is 2.59 bits per heavy atom. The van der Waals surface area contributed by atoms with Crippen molar-refractivity contribution in [1.29, 1.82) is 0 Å². The maximum atomic E-state index is 10.5. The first-order valence-corrected chi connectivity index (χ1v) is 14.3. The summed E-state index contributed by atoms with van der Waals surface area (Å²) in [5, 5.41) is 21.0. The molecule has 1 aliphatic carbocycles. The molecule has 0 bridgehead atoms. The largest absolute Gasteiger partial charge is 0.390 e. The van der Waals surface area contributed by atoms with Crippen LogP contribution in [0.3, 0.4) is 0 Å². The molecule has 0 aromatic carbocycles. The molecule has 0 aromatic heterocycles. The van der Waals surface area contributed by atoms with Gasteiger partial charge in [-0.05, 0) is 88.5 Å². The van der Waals surface area contributed by atoms with E-state index in [1.165, 1.54) is 24.0 Å². The Morgan fingerprint density at radius 1 is 1.18 bits per heavy atom. The van der Waals surface area contributed by atoms with E-state index in [1.807, 2.05) is 6.92 Å². The zero-order valence-electron chi connectivity index (χ0n) is 23.6. The second-order valence-electron chi connectivity index (χ2n) is 11.5. The first-order chi connectivity index (χ1) is 16.1. The summed E-state index contributed by atoms with van der Waals surface area (Å²) in [5.41, 5.74) is 2.24. The number of allylic oxidation sites excluding steroid dienone is 2. The summed E-state index contributed by atoms with van der Waals surface area (Å²) in [5.74, 6) is 1.29. The van der Waals surface area contributed by atoms with Crippen molar-refractivity contribution in [2.75, 3.05) is 6.61 Å². The number of unbranched alkanes of at least 4 members (excludes halogenated alkanes) is 3. The van der Waals surface area contributed by atoms with Gasteiger partial charge in [-0.25, -0.2) is 0 Å². The van der Waals surface area contributed by atoms with Gasteiger partial charge in [0.15, 0.2) is 0 Å². The van der Waals surface area contributed by atoms with E-state index < -0.39 is 5.60 Å². The highest BCUT2D eigenvalue weighted by Crippen LogP contribution is 2.35. The molecule has 0 heterocycles. The van der Waals surface area contributed by atoms with E-state index >= 15 is 0 Å². The van der Waals surface area contributed by atoms with Crippen molar-refractivity contribution < 1.29 is 14.9 Å². The van der Waals surface area contributed by atoms with Crippen LogP contribution in [0.1, 0.15) is 126 Å². The van der Waals surface area contributed by atoms with Crippen LogP contribution in [0.15, 0.2) is 23.3 Å². The summed E-state index contributed by atoms with van der Waals surface area (Å²) in [6.07, 6.45) is 19.4. The fourth-order valence-corrected chi connectivity index (χ4v) is 5.06. The van der Waals surface area contributed by atoms with Gasteiger partial charge in [-0.2, -0.15) is 13.3 Å². The molecular weight excluding hydrogens is 420 g/mol. The highest BCUT2D eigenvalue weighted by molar-refractivity contribution is 5.18. The van der Waals surface area contributed by atoms with Gasteiger partial charge in [0.05, 0.1) is 17.8 Å². The van der Waals surface area contributed by atoms with Crippen molar-refractivity contribution in [3.05, 3.63) is 29.7 Å². The van der Waals surface area contributed by atoms with Crippen LogP contribution >= 0.6 is 0 Å². The molecule has 0 saturated carbocycles. The molecule has 0 fully saturated rings. The molecule has 0 saturated heterocycles. The average Bonchev–Trinajstić information content (AvgIpc) is 2.78. The second-order valence-corrected chi connectivity index (χ2v) is 11.5. The van der Waals surface area contributed by atoms with E-state index in [0.717, 1.165) is 70.8 Å². The molecular formula is C31H57O3-. The zero-order chi connectivity index (χ0) is 25.6. The minimum Gasteiger partial charge on any atom is -0.390 e. The molecule has 0 spiro atoms. The van der Waals surface area contributed by atoms with Crippen molar-refractivity contribution in [1.82, 2.24) is 0 Å². The number of rotatable bonds is 18. The number of hydrogen-bond acceptors (Lipinski definition) is 3. The smallest absolute Gasteiger partial charge is 0.0815 e. The van der Waals surface area contributed by atoms with Crippen LogP contribution in [0.25, 0.3) is 0 Å². The molecule has 6 unspecified atom stereocenters. The Morgan fingerprint density at radius 2 is 1.91 bits per heavy atom. The molecule has 200 valence electrons. The van der Waals surface area contributed by atoms with Crippen molar-refractivity contribution in [2.24, 2.45) is 17.8 Å². The maximum absolute atomic E-state index is 10.5. The van der Waals surface area contributed by atoms with Crippen molar-refractivity contribution in [3.8, 4) is 0 Å². The van der Waals surface area contributed by atoms with Gasteiger partial charge in [-0.1, -0.05) is 64.7 Å². The summed E-state index contributed by atoms with van der Waals surface area (Å²) in [6.45, 7) is 16.1. The van der Waals surface area contributed by atoms with Crippen molar-refractivity contribution in [2.45, 2.75) is 143 Å². The summed E-state index contributed by atoms with van der Waals surface area (Å²) < 4.78 is 6.29. The predicted molar refractivity (Wildman–Crippen MR) is 147 cm³/mol. The third-order valence-electron chi connectivity index (χ3n) is 7.97. The Kier molecular flexibility index (Phi) is 15.6. The Hall–Kier alpha value is -0.640. The Labute approximate surface area is 212 Å². The third-order valence-corrected chi connectivity index (χ3v) is 7.97. The van der Waals surface area contributed by atoms with E-state index in [1.54, 1.807) is 0 Å². The molecule has 6 atom stereocenters. The quantitative estimate of drug-likeness (QED) is 0.119. The molecule has 3 heteroatoms. The Balaban J connectivity index is 2.39. The molecule has 3 nitrogen and oxygen atoms in total. The summed E-state index contributed by atoms with van der Waals surface area (Å²) in [6, 6.07) is 0. The van der Waals surface area contributed by atoms with Gasteiger partial charge >= 0.3 is 0 Å². The molecule has 1 rings (SSSR count). The van der Waals surface area contributed by atoms with Crippen LogP contribution in [-0.2, 0) is 4.74 Å². The fraction of sp³-hybridized carbons (Fsp3) is 0.839. The topological polar surface area (TPSA) is 49.7 Å². The summed E-state index contributed by atoms with van der Waals surface area (Å²) in [4.78, 5) is 0. The van der Waals surface area contributed by atoms with E-state index in [4.69, 9.17) is 4.74 Å². The lowest BCUT2D eigenvalue weighted by atomic mass is 9.76. The number of hydrogen-bond donors (Lipinski definition) is 2. The van der Waals surface area contributed by atoms with Crippen LogP contribution in [0.5, 0.6) is 0 Å². The van der Waals surface area contributed by atoms with Crippen LogP contribution in [0.2, 0.25) is 0 Å². The summed E-state index contributed by atoms with van der Waals surface area (Å²) >= 11 is 0. The minimum atomic E-state index is -0.539. The maximum Gasteiger partial charge on any atom is 0.0815 e. The highest BCUT2D eigenvalue weighted by atomic mass is 16.5. The van der Waals surface area contributed by atoms with Crippen molar-refractivity contribution >= 4 is 0 Å². The molecule has 0 aliphatic heterocycles. The van der Waals surface area contributed by atoms with E-state index in [9.17, 15) is 10.2 Å². The van der Waals surface area contributed by atoms with Gasteiger partial charge in [0.2, 0.25) is 0 Å². The van der Waals surface area contributed by atoms with E-state index in [0.29, 0.717) is 11.8 Å². The first kappa shape index (κ1) is 31.4. The van der Waals surface area contributed by atoms with Gasteiger partial charge in [0.25, 0.3) is 0 Å². The van der Waals surface area contributed by atoms with Gasteiger partial charge in [-0.3, -0.25) is 0 Å². The lowest BCUT2D eigenvalue weighted by Gasteiger charge is -2.37. The van der Waals surface area contributed by atoms with E-state index in [-0.39, 0.29) is 18.1 Å². The zero-order valence-corrected chi connectivity index (χ0v) is 23.6. The average molecular weight is 478 g/mol. The molecule has 0 radical (unpaired) electrons. The lowest BCUT2D eigenvalue weighted by molar-refractivity contribution is -0.0123. The van der Waals surface area contributed by atoms with Gasteiger partial charge < -0.3 is 21.4 Å². The Bertz CT molecular complexity index is 591. The number of ether oxygens (including phenoxy) is 1. The highest BCUT2D eigenvalue weighted by Gasteiger charge is 2.34.